The third-order valence-electron chi connectivity index (χ3n) is 3.20. The number of amides is 1. The van der Waals surface area contributed by atoms with Crippen molar-refractivity contribution in [3.05, 3.63) is 35.4 Å². The van der Waals surface area contributed by atoms with E-state index in [4.69, 9.17) is 10.8 Å². The van der Waals surface area contributed by atoms with Crippen LogP contribution in [0.4, 0.5) is 16.6 Å². The molecule has 1 amide bonds. The van der Waals surface area contributed by atoms with Crippen LogP contribution in [0.5, 0.6) is 0 Å². The van der Waals surface area contributed by atoms with Gasteiger partial charge in [-0.25, -0.2) is 9.78 Å². The number of nitrogens with two attached hydrogens (primary N) is 1. The lowest BCUT2D eigenvalue weighted by Crippen LogP contribution is -2.23. The predicted molar refractivity (Wildman–Crippen MR) is 90.5 cm³/mol. The Morgan fingerprint density at radius 1 is 1.13 bits per heavy atom. The second-order valence-electron chi connectivity index (χ2n) is 5.39. The van der Waals surface area contributed by atoms with Gasteiger partial charge in [0.2, 0.25) is 5.95 Å². The molecule has 0 atom stereocenters. The SMILES string of the molecule is Cc1cc(C)cc(-c2cc(NCCCNC(=O)O)nc(N)n2)c1. The van der Waals surface area contributed by atoms with Crippen LogP contribution in [0.3, 0.4) is 0 Å². The molecule has 1 aromatic heterocycles. The molecule has 5 N–H and O–H groups in total. The van der Waals surface area contributed by atoms with E-state index in [0.29, 0.717) is 25.3 Å². The van der Waals surface area contributed by atoms with Crippen molar-refractivity contribution in [3.8, 4) is 11.3 Å². The Morgan fingerprint density at radius 3 is 2.48 bits per heavy atom. The number of anilines is 2. The largest absolute Gasteiger partial charge is 0.465 e. The van der Waals surface area contributed by atoms with Crippen molar-refractivity contribution in [2.75, 3.05) is 24.1 Å². The quantitative estimate of drug-likeness (QED) is 0.609. The van der Waals surface area contributed by atoms with Crippen molar-refractivity contribution in [2.24, 2.45) is 0 Å². The average Bonchev–Trinajstić information content (AvgIpc) is 2.45. The monoisotopic (exact) mass is 315 g/mol. The Balaban J connectivity index is 2.08. The first-order valence-corrected chi connectivity index (χ1v) is 7.38. The maximum Gasteiger partial charge on any atom is 0.404 e. The minimum Gasteiger partial charge on any atom is -0.465 e. The molecule has 23 heavy (non-hydrogen) atoms. The van der Waals surface area contributed by atoms with E-state index in [2.05, 4.69) is 38.8 Å². The van der Waals surface area contributed by atoms with Gasteiger partial charge in [0.05, 0.1) is 5.69 Å². The predicted octanol–water partition coefficient (Wildman–Crippen LogP) is 2.41. The van der Waals surface area contributed by atoms with Crippen LogP contribution < -0.4 is 16.4 Å². The van der Waals surface area contributed by atoms with Crippen molar-refractivity contribution >= 4 is 17.9 Å². The minimum absolute atomic E-state index is 0.202. The number of carbonyl (C=O) groups is 1. The third kappa shape index (κ3) is 5.14. The number of nitrogens with one attached hydrogen (secondary N) is 2. The first kappa shape index (κ1) is 16.5. The van der Waals surface area contributed by atoms with Crippen LogP contribution in [0.25, 0.3) is 11.3 Å². The summed E-state index contributed by atoms with van der Waals surface area (Å²) in [4.78, 5) is 18.8. The van der Waals surface area contributed by atoms with Gasteiger partial charge in [0, 0.05) is 24.7 Å². The minimum atomic E-state index is -1.02. The van der Waals surface area contributed by atoms with Crippen molar-refractivity contribution in [1.29, 1.82) is 0 Å². The van der Waals surface area contributed by atoms with Crippen LogP contribution in [-0.2, 0) is 0 Å². The number of rotatable bonds is 6. The molecule has 2 aromatic rings. The molecule has 0 aliphatic carbocycles. The highest BCUT2D eigenvalue weighted by Gasteiger charge is 2.06. The smallest absolute Gasteiger partial charge is 0.404 e. The van der Waals surface area contributed by atoms with E-state index in [1.165, 1.54) is 0 Å². The first-order chi connectivity index (χ1) is 10.9. The topological polar surface area (TPSA) is 113 Å². The number of benzene rings is 1. The lowest BCUT2D eigenvalue weighted by Gasteiger charge is -2.10. The molecule has 0 aliphatic heterocycles. The molecule has 2 rings (SSSR count). The number of hydrogen-bond acceptors (Lipinski definition) is 5. The number of nitrogens with zero attached hydrogens (tertiary/aromatic N) is 2. The van der Waals surface area contributed by atoms with E-state index in [0.717, 1.165) is 22.4 Å². The maximum atomic E-state index is 10.4. The van der Waals surface area contributed by atoms with E-state index in [1.54, 1.807) is 0 Å². The summed E-state index contributed by atoms with van der Waals surface area (Å²) in [6.45, 7) is 5.04. The fourth-order valence-electron chi connectivity index (χ4n) is 2.33. The Morgan fingerprint density at radius 2 is 1.83 bits per heavy atom. The summed E-state index contributed by atoms with van der Waals surface area (Å²) in [7, 11) is 0. The normalized spacial score (nSPS) is 10.3. The summed E-state index contributed by atoms with van der Waals surface area (Å²) in [6, 6.07) is 8.04. The molecule has 122 valence electrons. The summed E-state index contributed by atoms with van der Waals surface area (Å²) in [5.74, 6) is 0.829. The molecule has 0 saturated heterocycles. The molecule has 7 heteroatoms. The lowest BCUT2D eigenvalue weighted by atomic mass is 10.0. The van der Waals surface area contributed by atoms with E-state index in [9.17, 15) is 4.79 Å². The van der Waals surface area contributed by atoms with Crippen molar-refractivity contribution in [1.82, 2.24) is 15.3 Å². The van der Waals surface area contributed by atoms with Crippen LogP contribution in [0.2, 0.25) is 0 Å². The van der Waals surface area contributed by atoms with Crippen molar-refractivity contribution in [3.63, 3.8) is 0 Å². The highest BCUT2D eigenvalue weighted by atomic mass is 16.4. The standard InChI is InChI=1S/C16H21N5O2/c1-10-6-11(2)8-12(7-10)13-9-14(21-15(17)20-13)18-4-3-5-19-16(22)23/h6-9,19H,3-5H2,1-2H3,(H,22,23)(H3,17,18,20,21). The second kappa shape index (κ2) is 7.44. The van der Waals surface area contributed by atoms with Gasteiger partial charge in [0.15, 0.2) is 0 Å². The van der Waals surface area contributed by atoms with Crippen LogP contribution in [0, 0.1) is 13.8 Å². The summed E-state index contributed by atoms with van der Waals surface area (Å²) in [6.07, 6.45) is -0.372. The number of aromatic nitrogens is 2. The van der Waals surface area contributed by atoms with Gasteiger partial charge in [-0.3, -0.25) is 0 Å². The number of nitrogen functional groups attached to an aromatic ring is 1. The fourth-order valence-corrected chi connectivity index (χ4v) is 2.33. The van der Waals surface area contributed by atoms with E-state index < -0.39 is 6.09 Å². The molecule has 0 spiro atoms. The van der Waals surface area contributed by atoms with Crippen LogP contribution in [0.1, 0.15) is 17.5 Å². The van der Waals surface area contributed by atoms with Gasteiger partial charge < -0.3 is 21.5 Å². The zero-order valence-electron chi connectivity index (χ0n) is 13.3. The molecule has 7 nitrogen and oxygen atoms in total. The van der Waals surface area contributed by atoms with Gasteiger partial charge in [0.25, 0.3) is 0 Å². The molecule has 0 bridgehead atoms. The summed E-state index contributed by atoms with van der Waals surface area (Å²) in [5, 5.41) is 14.0. The molecule has 1 aromatic carbocycles. The van der Waals surface area contributed by atoms with Gasteiger partial charge in [-0.2, -0.15) is 4.98 Å². The molecule has 0 aliphatic rings. The zero-order chi connectivity index (χ0) is 16.8. The van der Waals surface area contributed by atoms with Crippen molar-refractivity contribution in [2.45, 2.75) is 20.3 Å². The summed E-state index contributed by atoms with van der Waals surface area (Å²) in [5.41, 5.74) is 9.86. The second-order valence-corrected chi connectivity index (χ2v) is 5.39. The molecule has 1 heterocycles. The van der Waals surface area contributed by atoms with Gasteiger partial charge in [-0.1, -0.05) is 17.2 Å². The van der Waals surface area contributed by atoms with Crippen LogP contribution >= 0.6 is 0 Å². The van der Waals surface area contributed by atoms with Gasteiger partial charge >= 0.3 is 6.09 Å². The molecular formula is C16H21N5O2. The highest BCUT2D eigenvalue weighted by molar-refractivity contribution is 5.65. The van der Waals surface area contributed by atoms with Gasteiger partial charge in [-0.15, -0.1) is 0 Å². The summed E-state index contributed by atoms with van der Waals surface area (Å²) < 4.78 is 0. The number of hydrogen-bond donors (Lipinski definition) is 4. The van der Waals surface area contributed by atoms with Gasteiger partial charge in [-0.05, 0) is 32.4 Å². The van der Waals surface area contributed by atoms with E-state index in [1.807, 2.05) is 19.9 Å². The Kier molecular flexibility index (Phi) is 5.35. The first-order valence-electron chi connectivity index (χ1n) is 7.38. The van der Waals surface area contributed by atoms with Crippen LogP contribution in [0.15, 0.2) is 24.3 Å². The Hall–Kier alpha value is -2.83. The third-order valence-corrected chi connectivity index (χ3v) is 3.20. The zero-order valence-corrected chi connectivity index (χ0v) is 13.3. The van der Waals surface area contributed by atoms with E-state index in [-0.39, 0.29) is 5.95 Å². The van der Waals surface area contributed by atoms with Crippen molar-refractivity contribution < 1.29 is 9.90 Å². The van der Waals surface area contributed by atoms with Gasteiger partial charge in [0.1, 0.15) is 5.82 Å². The van der Waals surface area contributed by atoms with E-state index >= 15 is 0 Å². The lowest BCUT2D eigenvalue weighted by molar-refractivity contribution is 0.194. The summed E-state index contributed by atoms with van der Waals surface area (Å²) >= 11 is 0. The number of carboxylic acid groups (broad SMARTS) is 1. The molecule has 0 fully saturated rings. The highest BCUT2D eigenvalue weighted by Crippen LogP contribution is 2.23. The molecular weight excluding hydrogens is 294 g/mol. The fraction of sp³-hybridized carbons (Fsp3) is 0.312. The molecule has 0 saturated carbocycles. The molecule has 0 unspecified atom stereocenters. The van der Waals surface area contributed by atoms with Crippen LogP contribution in [-0.4, -0.2) is 34.3 Å². The number of aryl methyl sites for hydroxylation is 2. The maximum absolute atomic E-state index is 10.4. The Bertz CT molecular complexity index is 683. The molecule has 0 radical (unpaired) electrons. The average molecular weight is 315 g/mol. The Labute approximate surface area is 135 Å².